The van der Waals surface area contributed by atoms with Crippen LogP contribution in [0.15, 0.2) is 66.7 Å². The smallest absolute Gasteiger partial charge is 0.228 e. The van der Waals surface area contributed by atoms with E-state index in [4.69, 9.17) is 11.6 Å². The number of ketones is 1. The van der Waals surface area contributed by atoms with Crippen molar-refractivity contribution < 1.29 is 9.59 Å². The third kappa shape index (κ3) is 4.17. The summed E-state index contributed by atoms with van der Waals surface area (Å²) in [6, 6.07) is 19.1. The molecular formula is C29H25ClN2O2. The largest absolute Gasteiger partial charge is 0.354 e. The van der Waals surface area contributed by atoms with Crippen LogP contribution in [-0.4, -0.2) is 16.7 Å². The SMILES string of the molecule is CC(C)(C)c1ccc2[nH]c3c(c2c1)CC(=O)Nc1ccc(/C=C/C(=O)c2ccc(Cl)cc2)cc1-3. The van der Waals surface area contributed by atoms with Gasteiger partial charge in [0.15, 0.2) is 5.78 Å². The normalized spacial score (nSPS) is 13.5. The molecule has 170 valence electrons. The molecule has 5 rings (SSSR count). The lowest BCUT2D eigenvalue weighted by Gasteiger charge is -2.19. The van der Waals surface area contributed by atoms with Crippen molar-refractivity contribution in [2.45, 2.75) is 32.6 Å². The van der Waals surface area contributed by atoms with E-state index in [1.807, 2.05) is 18.2 Å². The summed E-state index contributed by atoms with van der Waals surface area (Å²) in [5.41, 5.74) is 7.30. The summed E-state index contributed by atoms with van der Waals surface area (Å²) < 4.78 is 0. The zero-order valence-corrected chi connectivity index (χ0v) is 20.1. The average Bonchev–Trinajstić information content (AvgIpc) is 3.08. The van der Waals surface area contributed by atoms with Crippen LogP contribution in [0.3, 0.4) is 0 Å². The van der Waals surface area contributed by atoms with Gasteiger partial charge in [0.2, 0.25) is 5.91 Å². The van der Waals surface area contributed by atoms with Crippen LogP contribution in [0, 0.1) is 0 Å². The molecule has 2 heterocycles. The maximum absolute atomic E-state index is 12.7. The third-order valence-electron chi connectivity index (χ3n) is 6.25. The molecule has 4 aromatic rings. The van der Waals surface area contributed by atoms with Crippen LogP contribution in [0.1, 0.15) is 47.8 Å². The molecule has 0 unspecified atom stereocenters. The molecule has 0 bridgehead atoms. The minimum atomic E-state index is -0.0964. The first kappa shape index (κ1) is 22.2. The number of allylic oxidation sites excluding steroid dienone is 1. The highest BCUT2D eigenvalue weighted by Crippen LogP contribution is 2.39. The second-order valence-electron chi connectivity index (χ2n) is 9.72. The Labute approximate surface area is 203 Å². The molecule has 1 aliphatic heterocycles. The molecule has 1 amide bonds. The Bertz CT molecular complexity index is 1470. The molecule has 1 aromatic heterocycles. The van der Waals surface area contributed by atoms with Crippen LogP contribution in [0.2, 0.25) is 5.02 Å². The Morgan fingerprint density at radius 2 is 1.76 bits per heavy atom. The fourth-order valence-corrected chi connectivity index (χ4v) is 4.47. The minimum absolute atomic E-state index is 0.0117. The molecule has 0 saturated carbocycles. The first-order chi connectivity index (χ1) is 16.2. The van der Waals surface area contributed by atoms with E-state index in [9.17, 15) is 9.59 Å². The molecule has 3 aromatic carbocycles. The number of carbonyl (C=O) groups is 2. The van der Waals surface area contributed by atoms with Gasteiger partial charge in [-0.15, -0.1) is 0 Å². The molecule has 0 spiro atoms. The van der Waals surface area contributed by atoms with Crippen molar-refractivity contribution in [1.29, 1.82) is 0 Å². The second kappa shape index (κ2) is 8.30. The van der Waals surface area contributed by atoms with E-state index in [-0.39, 0.29) is 17.1 Å². The highest BCUT2D eigenvalue weighted by molar-refractivity contribution is 6.30. The van der Waals surface area contributed by atoms with Gasteiger partial charge in [0.05, 0.1) is 17.8 Å². The lowest BCUT2D eigenvalue weighted by molar-refractivity contribution is -0.115. The van der Waals surface area contributed by atoms with Crippen LogP contribution in [0.5, 0.6) is 0 Å². The number of aromatic amines is 1. The lowest BCUT2D eigenvalue weighted by atomic mass is 9.86. The Balaban J connectivity index is 1.57. The van der Waals surface area contributed by atoms with E-state index in [1.54, 1.807) is 36.4 Å². The van der Waals surface area contributed by atoms with Crippen LogP contribution in [-0.2, 0) is 16.6 Å². The van der Waals surface area contributed by atoms with Crippen molar-refractivity contribution in [3.05, 3.63) is 94.0 Å². The quantitative estimate of drug-likeness (QED) is 0.247. The van der Waals surface area contributed by atoms with Crippen LogP contribution < -0.4 is 5.32 Å². The fourth-order valence-electron chi connectivity index (χ4n) is 4.35. The summed E-state index contributed by atoms with van der Waals surface area (Å²) in [5.74, 6) is -0.135. The van der Waals surface area contributed by atoms with Gasteiger partial charge in [-0.2, -0.15) is 0 Å². The van der Waals surface area contributed by atoms with E-state index in [0.29, 0.717) is 17.0 Å². The van der Waals surface area contributed by atoms with Crippen LogP contribution in [0.4, 0.5) is 5.69 Å². The molecule has 0 fully saturated rings. The number of anilines is 1. The summed E-state index contributed by atoms with van der Waals surface area (Å²) in [7, 11) is 0. The number of halogens is 1. The lowest BCUT2D eigenvalue weighted by Crippen LogP contribution is -2.13. The molecule has 2 N–H and O–H groups in total. The number of rotatable bonds is 3. The zero-order chi connectivity index (χ0) is 24.0. The monoisotopic (exact) mass is 468 g/mol. The predicted octanol–water partition coefficient (Wildman–Crippen LogP) is 7.18. The first-order valence-corrected chi connectivity index (χ1v) is 11.6. The van der Waals surface area contributed by atoms with E-state index in [0.717, 1.165) is 39.0 Å². The predicted molar refractivity (Wildman–Crippen MR) is 140 cm³/mol. The van der Waals surface area contributed by atoms with E-state index >= 15 is 0 Å². The van der Waals surface area contributed by atoms with E-state index in [2.05, 4.69) is 49.3 Å². The number of H-pyrrole nitrogens is 1. The summed E-state index contributed by atoms with van der Waals surface area (Å²) >= 11 is 5.92. The van der Waals surface area contributed by atoms with Gasteiger partial charge in [-0.25, -0.2) is 0 Å². The molecule has 1 aliphatic rings. The van der Waals surface area contributed by atoms with Crippen molar-refractivity contribution in [1.82, 2.24) is 4.98 Å². The fraction of sp³-hybridized carbons (Fsp3) is 0.172. The van der Waals surface area contributed by atoms with Crippen LogP contribution >= 0.6 is 11.6 Å². The molecule has 0 radical (unpaired) electrons. The maximum Gasteiger partial charge on any atom is 0.228 e. The molecule has 5 heteroatoms. The summed E-state index contributed by atoms with van der Waals surface area (Å²) in [6.45, 7) is 6.56. The Hall–Kier alpha value is -3.63. The number of amides is 1. The topological polar surface area (TPSA) is 62.0 Å². The summed E-state index contributed by atoms with van der Waals surface area (Å²) in [6.07, 6.45) is 3.66. The molecule has 0 atom stereocenters. The number of hydrogen-bond acceptors (Lipinski definition) is 2. The maximum atomic E-state index is 12.7. The number of fused-ring (bicyclic) bond motifs is 5. The van der Waals surface area contributed by atoms with Crippen molar-refractivity contribution in [3.63, 3.8) is 0 Å². The van der Waals surface area contributed by atoms with Gasteiger partial charge in [-0.05, 0) is 76.7 Å². The molecule has 0 saturated heterocycles. The molecule has 4 nitrogen and oxygen atoms in total. The van der Waals surface area contributed by atoms with Crippen molar-refractivity contribution >= 4 is 46.0 Å². The Morgan fingerprint density at radius 3 is 2.50 bits per heavy atom. The van der Waals surface area contributed by atoms with Gasteiger partial charge >= 0.3 is 0 Å². The van der Waals surface area contributed by atoms with Gasteiger partial charge in [0.1, 0.15) is 0 Å². The van der Waals surface area contributed by atoms with Crippen molar-refractivity contribution in [2.75, 3.05) is 5.32 Å². The summed E-state index contributed by atoms with van der Waals surface area (Å²) in [4.78, 5) is 28.8. The van der Waals surface area contributed by atoms with Gasteiger partial charge in [-0.1, -0.05) is 50.6 Å². The average molecular weight is 469 g/mol. The first-order valence-electron chi connectivity index (χ1n) is 11.3. The van der Waals surface area contributed by atoms with Crippen molar-refractivity contribution in [2.24, 2.45) is 0 Å². The van der Waals surface area contributed by atoms with Gasteiger partial charge < -0.3 is 10.3 Å². The number of hydrogen-bond donors (Lipinski definition) is 2. The Morgan fingerprint density at radius 1 is 1.00 bits per heavy atom. The highest BCUT2D eigenvalue weighted by Gasteiger charge is 2.24. The standard InChI is InChI=1S/C29H25ClN2O2/c1-29(2,3)19-8-12-24-21(15-19)22-16-27(34)31-25-11-4-17(14-23(25)28(22)32-24)5-13-26(33)18-6-9-20(30)10-7-18/h4-15,32H,16H2,1-3H3,(H,31,34)/b13-5+. The molecule has 0 aliphatic carbocycles. The number of aromatic nitrogens is 1. The summed E-state index contributed by atoms with van der Waals surface area (Å²) in [5, 5.41) is 4.69. The highest BCUT2D eigenvalue weighted by atomic mass is 35.5. The van der Waals surface area contributed by atoms with E-state index in [1.165, 1.54) is 5.56 Å². The number of nitrogens with one attached hydrogen (secondary N) is 2. The molecule has 34 heavy (non-hydrogen) atoms. The zero-order valence-electron chi connectivity index (χ0n) is 19.3. The second-order valence-corrected chi connectivity index (χ2v) is 10.2. The van der Waals surface area contributed by atoms with Crippen LogP contribution in [0.25, 0.3) is 28.2 Å². The van der Waals surface area contributed by atoms with Gasteiger partial charge in [0, 0.05) is 27.1 Å². The Kier molecular flexibility index (Phi) is 5.41. The van der Waals surface area contributed by atoms with Crippen molar-refractivity contribution in [3.8, 4) is 11.3 Å². The third-order valence-corrected chi connectivity index (χ3v) is 6.50. The molecular weight excluding hydrogens is 444 g/mol. The number of benzene rings is 3. The van der Waals surface area contributed by atoms with E-state index < -0.39 is 0 Å². The minimum Gasteiger partial charge on any atom is -0.354 e. The van der Waals surface area contributed by atoms with Gasteiger partial charge in [0.25, 0.3) is 0 Å². The van der Waals surface area contributed by atoms with Gasteiger partial charge in [-0.3, -0.25) is 9.59 Å². The number of carbonyl (C=O) groups excluding carboxylic acids is 2.